The number of halogens is 3. The number of hydrogen-bond acceptors (Lipinski definition) is 3. The summed E-state index contributed by atoms with van der Waals surface area (Å²) in [7, 11) is 0. The van der Waals surface area contributed by atoms with E-state index in [-0.39, 0.29) is 10.0 Å². The summed E-state index contributed by atoms with van der Waals surface area (Å²) in [6, 6.07) is 2.43. The Morgan fingerprint density at radius 1 is 1.30 bits per heavy atom. The van der Waals surface area contributed by atoms with Crippen LogP contribution in [-0.4, -0.2) is 14.8 Å². The minimum absolute atomic E-state index is 0.241. The molecule has 4 nitrogen and oxygen atoms in total. The lowest BCUT2D eigenvalue weighted by atomic mass is 10.2. The smallest absolute Gasteiger partial charge is 0.146 e. The second-order valence-electron chi connectivity index (χ2n) is 4.85. The van der Waals surface area contributed by atoms with Gasteiger partial charge in [-0.3, -0.25) is 0 Å². The first-order valence-electron chi connectivity index (χ1n) is 6.22. The van der Waals surface area contributed by atoms with Crippen molar-refractivity contribution >= 4 is 28.9 Å². The van der Waals surface area contributed by atoms with Crippen molar-refractivity contribution in [2.24, 2.45) is 5.92 Å². The molecule has 0 unspecified atom stereocenters. The van der Waals surface area contributed by atoms with Gasteiger partial charge in [-0.2, -0.15) is 5.10 Å². The van der Waals surface area contributed by atoms with E-state index >= 15 is 0 Å². The van der Waals surface area contributed by atoms with E-state index in [0.717, 1.165) is 12.4 Å². The minimum Gasteiger partial charge on any atom is -0.375 e. The van der Waals surface area contributed by atoms with Crippen molar-refractivity contribution in [3.05, 3.63) is 40.1 Å². The van der Waals surface area contributed by atoms with Gasteiger partial charge in [-0.1, -0.05) is 37.0 Å². The molecule has 1 aromatic carbocycles. The maximum Gasteiger partial charge on any atom is 0.146 e. The Labute approximate surface area is 126 Å². The highest BCUT2D eigenvalue weighted by Gasteiger charge is 2.11. The van der Waals surface area contributed by atoms with Crippen molar-refractivity contribution in [1.82, 2.24) is 14.8 Å². The first-order valence-corrected chi connectivity index (χ1v) is 6.98. The van der Waals surface area contributed by atoms with Crippen LogP contribution in [0.5, 0.6) is 0 Å². The van der Waals surface area contributed by atoms with Gasteiger partial charge in [0.2, 0.25) is 0 Å². The van der Waals surface area contributed by atoms with E-state index in [4.69, 9.17) is 23.2 Å². The predicted octanol–water partition coefficient (Wildman–Crippen LogP) is 3.99. The molecule has 0 atom stereocenters. The van der Waals surface area contributed by atoms with Crippen molar-refractivity contribution in [3.63, 3.8) is 0 Å². The van der Waals surface area contributed by atoms with Crippen LogP contribution < -0.4 is 5.32 Å². The van der Waals surface area contributed by atoms with E-state index in [1.165, 1.54) is 18.5 Å². The van der Waals surface area contributed by atoms with Gasteiger partial charge in [-0.05, 0) is 18.1 Å². The molecule has 1 heterocycles. The third-order valence-corrected chi connectivity index (χ3v) is 3.26. The summed E-state index contributed by atoms with van der Waals surface area (Å²) in [4.78, 5) is 4.19. The van der Waals surface area contributed by atoms with Gasteiger partial charge in [0, 0.05) is 6.54 Å². The maximum absolute atomic E-state index is 13.1. The van der Waals surface area contributed by atoms with E-state index in [1.807, 2.05) is 4.68 Å². The molecular formula is C13H15Cl2FN4. The van der Waals surface area contributed by atoms with Gasteiger partial charge in [0.05, 0.1) is 22.3 Å². The van der Waals surface area contributed by atoms with E-state index in [0.29, 0.717) is 18.2 Å². The molecule has 0 saturated heterocycles. The highest BCUT2D eigenvalue weighted by Crippen LogP contribution is 2.31. The van der Waals surface area contributed by atoms with E-state index < -0.39 is 5.82 Å². The molecule has 108 valence electrons. The van der Waals surface area contributed by atoms with Crippen LogP contribution >= 0.6 is 23.2 Å². The average Bonchev–Trinajstić information content (AvgIpc) is 2.74. The number of aromatic nitrogens is 3. The Kier molecular flexibility index (Phi) is 4.83. The van der Waals surface area contributed by atoms with Crippen molar-refractivity contribution in [2.75, 3.05) is 5.32 Å². The molecule has 0 radical (unpaired) electrons. The van der Waals surface area contributed by atoms with Gasteiger partial charge in [0.25, 0.3) is 0 Å². The molecule has 0 fully saturated rings. The minimum atomic E-state index is -0.464. The van der Waals surface area contributed by atoms with Crippen LogP contribution in [0.25, 0.3) is 0 Å². The molecule has 0 amide bonds. The van der Waals surface area contributed by atoms with E-state index in [2.05, 4.69) is 29.2 Å². The summed E-state index contributed by atoms with van der Waals surface area (Å²) in [5.74, 6) is 0.775. The molecule has 1 N–H and O–H groups in total. The first kappa shape index (κ1) is 15.1. The lowest BCUT2D eigenvalue weighted by Gasteiger charge is -2.12. The summed E-state index contributed by atoms with van der Waals surface area (Å²) in [6.07, 6.45) is 1.51. The summed E-state index contributed by atoms with van der Waals surface area (Å²) in [5.41, 5.74) is 0.494. The molecule has 0 aliphatic carbocycles. The van der Waals surface area contributed by atoms with Gasteiger partial charge in [-0.15, -0.1) is 0 Å². The summed E-state index contributed by atoms with van der Waals surface area (Å²) < 4.78 is 14.9. The summed E-state index contributed by atoms with van der Waals surface area (Å²) in [6.45, 7) is 5.40. The molecule has 0 aliphatic rings. The van der Waals surface area contributed by atoms with Crippen LogP contribution in [0, 0.1) is 11.7 Å². The van der Waals surface area contributed by atoms with Crippen molar-refractivity contribution in [1.29, 1.82) is 0 Å². The zero-order valence-electron chi connectivity index (χ0n) is 11.2. The Morgan fingerprint density at radius 3 is 2.55 bits per heavy atom. The van der Waals surface area contributed by atoms with Gasteiger partial charge in [-0.25, -0.2) is 14.1 Å². The first-order chi connectivity index (χ1) is 9.47. The second-order valence-corrected chi connectivity index (χ2v) is 5.66. The number of benzene rings is 1. The molecule has 1 aromatic heterocycles. The van der Waals surface area contributed by atoms with Gasteiger partial charge < -0.3 is 5.32 Å². The van der Waals surface area contributed by atoms with Crippen LogP contribution in [0.4, 0.5) is 10.1 Å². The zero-order valence-corrected chi connectivity index (χ0v) is 12.7. The van der Waals surface area contributed by atoms with Crippen molar-refractivity contribution in [2.45, 2.75) is 26.9 Å². The third-order valence-electron chi connectivity index (χ3n) is 2.66. The number of rotatable bonds is 5. The lowest BCUT2D eigenvalue weighted by molar-refractivity contribution is 0.468. The molecule has 2 aromatic rings. The van der Waals surface area contributed by atoms with Crippen LogP contribution in [-0.2, 0) is 13.1 Å². The van der Waals surface area contributed by atoms with Gasteiger partial charge in [0.15, 0.2) is 0 Å². The quantitative estimate of drug-likeness (QED) is 0.906. The Morgan fingerprint density at radius 2 is 1.95 bits per heavy atom. The number of hydrogen-bond donors (Lipinski definition) is 1. The Hall–Kier alpha value is -1.33. The highest BCUT2D eigenvalue weighted by molar-refractivity contribution is 6.39. The lowest BCUT2D eigenvalue weighted by Crippen LogP contribution is -2.13. The summed E-state index contributed by atoms with van der Waals surface area (Å²) >= 11 is 11.9. The van der Waals surface area contributed by atoms with E-state index in [1.54, 1.807) is 0 Å². The molecule has 0 bridgehead atoms. The van der Waals surface area contributed by atoms with Crippen molar-refractivity contribution in [3.8, 4) is 0 Å². The molecular weight excluding hydrogens is 302 g/mol. The van der Waals surface area contributed by atoms with Crippen LogP contribution in [0.2, 0.25) is 10.0 Å². The topological polar surface area (TPSA) is 42.7 Å². The van der Waals surface area contributed by atoms with Crippen LogP contribution in [0.15, 0.2) is 18.5 Å². The molecule has 0 saturated carbocycles. The Balaban J connectivity index is 2.12. The molecule has 7 heteroatoms. The Bertz CT molecular complexity index is 575. The molecule has 20 heavy (non-hydrogen) atoms. The number of nitrogens with one attached hydrogen (secondary N) is 1. The maximum atomic E-state index is 13.1. The fourth-order valence-corrected chi connectivity index (χ4v) is 2.40. The fourth-order valence-electron chi connectivity index (χ4n) is 1.80. The van der Waals surface area contributed by atoms with E-state index in [9.17, 15) is 4.39 Å². The average molecular weight is 317 g/mol. The monoisotopic (exact) mass is 316 g/mol. The normalized spacial score (nSPS) is 11.1. The highest BCUT2D eigenvalue weighted by atomic mass is 35.5. The molecule has 0 aliphatic heterocycles. The summed E-state index contributed by atoms with van der Waals surface area (Å²) in [5, 5.41) is 7.72. The van der Waals surface area contributed by atoms with Crippen LogP contribution in [0.3, 0.4) is 0 Å². The third kappa shape index (κ3) is 3.61. The predicted molar refractivity (Wildman–Crippen MR) is 78.6 cm³/mol. The SMILES string of the molecule is CC(C)Cn1ncnc1CNc1c(Cl)cc(F)cc1Cl. The zero-order chi connectivity index (χ0) is 14.7. The van der Waals surface area contributed by atoms with Crippen LogP contribution in [0.1, 0.15) is 19.7 Å². The molecule has 2 rings (SSSR count). The number of anilines is 1. The van der Waals surface area contributed by atoms with Gasteiger partial charge >= 0.3 is 0 Å². The van der Waals surface area contributed by atoms with Gasteiger partial charge in [0.1, 0.15) is 18.0 Å². The largest absolute Gasteiger partial charge is 0.375 e. The second kappa shape index (κ2) is 6.41. The van der Waals surface area contributed by atoms with Crippen molar-refractivity contribution < 1.29 is 4.39 Å². The number of nitrogens with zero attached hydrogens (tertiary/aromatic N) is 3. The standard InChI is InChI=1S/C13H15Cl2FN4/c1-8(2)6-20-12(18-7-19-20)5-17-13-10(14)3-9(16)4-11(13)15/h3-4,7-8,17H,5-6H2,1-2H3. The molecule has 0 spiro atoms. The fraction of sp³-hybridized carbons (Fsp3) is 0.385.